The fraction of sp³-hybridized carbons (Fsp3) is 0.455. The van der Waals surface area contributed by atoms with Gasteiger partial charge in [0.15, 0.2) is 0 Å². The molecule has 0 aliphatic rings. The molecule has 0 N–H and O–H groups in total. The van der Waals surface area contributed by atoms with Gasteiger partial charge in [-0.05, 0) is 43.7 Å². The molecule has 1 nitrogen and oxygen atoms in total. The van der Waals surface area contributed by atoms with Crippen LogP contribution in [0.25, 0.3) is 0 Å². The zero-order valence-corrected chi connectivity index (χ0v) is 11.7. The minimum atomic E-state index is 0.931. The molecule has 0 aromatic heterocycles. The lowest BCUT2D eigenvalue weighted by Crippen LogP contribution is -2.19. The molecule has 0 amide bonds. The molecule has 1 rings (SSSR count). The van der Waals surface area contributed by atoms with Crippen molar-refractivity contribution in [2.45, 2.75) is 13.3 Å². The Morgan fingerprint density at radius 3 is 2.71 bits per heavy atom. The molecule has 0 radical (unpaired) electrons. The van der Waals surface area contributed by atoms with E-state index in [2.05, 4.69) is 68.9 Å². The molecule has 0 bridgehead atoms. The molecule has 0 heterocycles. The largest absolute Gasteiger partial charge is 0.296 e. The molecule has 0 saturated carbocycles. The monoisotopic (exact) mass is 319 g/mol. The molecule has 1 aromatic carbocycles. The van der Waals surface area contributed by atoms with E-state index in [0.29, 0.717) is 0 Å². The Morgan fingerprint density at radius 1 is 1.36 bits per heavy atom. The van der Waals surface area contributed by atoms with Gasteiger partial charge in [-0.25, -0.2) is 0 Å². The summed E-state index contributed by atoms with van der Waals surface area (Å²) in [7, 11) is 2.11. The van der Waals surface area contributed by atoms with E-state index in [-0.39, 0.29) is 0 Å². The second kappa shape index (κ2) is 5.89. The van der Waals surface area contributed by atoms with Crippen LogP contribution in [0.15, 0.2) is 22.7 Å². The summed E-state index contributed by atoms with van der Waals surface area (Å²) in [5.41, 5.74) is 3.73. The molecule has 0 fully saturated rings. The van der Waals surface area contributed by atoms with Crippen LogP contribution in [0, 0.1) is 6.92 Å². The highest BCUT2D eigenvalue weighted by molar-refractivity contribution is 9.10. The van der Waals surface area contributed by atoms with Gasteiger partial charge in [0.25, 0.3) is 0 Å². The van der Waals surface area contributed by atoms with E-state index in [1.54, 1.807) is 0 Å². The first-order valence-electron chi connectivity index (χ1n) is 4.63. The summed E-state index contributed by atoms with van der Waals surface area (Å²) in [6, 6.07) is 6.46. The molecule has 0 unspecified atom stereocenters. The Morgan fingerprint density at radius 2 is 2.07 bits per heavy atom. The number of halogens is 2. The fourth-order valence-corrected chi connectivity index (χ4v) is 1.94. The van der Waals surface area contributed by atoms with E-state index in [1.807, 2.05) is 0 Å². The van der Waals surface area contributed by atoms with Gasteiger partial charge in [0.2, 0.25) is 0 Å². The number of likely N-dealkylation sites (N-methyl/N-ethyl adjacent to an activating group) is 1. The van der Waals surface area contributed by atoms with Crippen molar-refractivity contribution >= 4 is 31.9 Å². The van der Waals surface area contributed by atoms with Gasteiger partial charge in [0, 0.05) is 11.0 Å². The lowest BCUT2D eigenvalue weighted by molar-refractivity contribution is 0.401. The van der Waals surface area contributed by atoms with Crippen molar-refractivity contribution < 1.29 is 0 Å². The van der Waals surface area contributed by atoms with Crippen molar-refractivity contribution in [1.82, 2.24) is 4.90 Å². The highest BCUT2D eigenvalue weighted by Crippen LogP contribution is 2.16. The highest BCUT2D eigenvalue weighted by Gasteiger charge is 2.01. The average molecular weight is 321 g/mol. The Balaban J connectivity index is 2.62. The number of hydrogen-bond donors (Lipinski definition) is 0. The highest BCUT2D eigenvalue weighted by atomic mass is 79.9. The molecule has 1 aromatic rings. The number of alkyl halides is 1. The summed E-state index contributed by atoms with van der Waals surface area (Å²) in [4.78, 5) is 2.25. The first kappa shape index (κ1) is 12.2. The smallest absolute Gasteiger partial charge is 0.0539 e. The van der Waals surface area contributed by atoms with E-state index in [1.165, 1.54) is 15.6 Å². The van der Waals surface area contributed by atoms with E-state index in [4.69, 9.17) is 0 Å². The third kappa shape index (κ3) is 3.71. The van der Waals surface area contributed by atoms with Gasteiger partial charge in [-0.15, -0.1) is 0 Å². The molecular weight excluding hydrogens is 306 g/mol. The maximum Gasteiger partial charge on any atom is 0.0539 e. The molecule has 0 saturated heterocycles. The second-order valence-electron chi connectivity index (χ2n) is 3.52. The van der Waals surface area contributed by atoms with E-state index in [9.17, 15) is 0 Å². The van der Waals surface area contributed by atoms with Crippen LogP contribution in [-0.4, -0.2) is 23.9 Å². The van der Waals surface area contributed by atoms with Crippen molar-refractivity contribution in [1.29, 1.82) is 0 Å². The SMILES string of the molecule is Cc1ccc(Br)cc1CCN(C)CBr. The van der Waals surface area contributed by atoms with Crippen LogP contribution in [0.4, 0.5) is 0 Å². The van der Waals surface area contributed by atoms with Gasteiger partial charge in [-0.2, -0.15) is 0 Å². The number of nitrogens with zero attached hydrogens (tertiary/aromatic N) is 1. The van der Waals surface area contributed by atoms with E-state index in [0.717, 1.165) is 18.4 Å². The normalized spacial score (nSPS) is 10.9. The quantitative estimate of drug-likeness (QED) is 0.605. The van der Waals surface area contributed by atoms with Gasteiger partial charge in [0.05, 0.1) is 5.45 Å². The maximum atomic E-state index is 3.50. The fourth-order valence-electron chi connectivity index (χ4n) is 1.28. The van der Waals surface area contributed by atoms with E-state index < -0.39 is 0 Å². The predicted octanol–water partition coefficient (Wildman–Crippen LogP) is 3.58. The van der Waals surface area contributed by atoms with Crippen LogP contribution in [-0.2, 0) is 6.42 Å². The minimum Gasteiger partial charge on any atom is -0.296 e. The Hall–Kier alpha value is 0.140. The standard InChI is InChI=1S/C11H15Br2N/c1-9-3-4-11(13)7-10(9)5-6-14(2)8-12/h3-4,7H,5-6,8H2,1-2H3. The average Bonchev–Trinajstić information content (AvgIpc) is 2.19. The first-order valence-corrected chi connectivity index (χ1v) is 6.54. The first-order chi connectivity index (χ1) is 6.63. The Bertz CT molecular complexity index is 299. The van der Waals surface area contributed by atoms with Crippen LogP contribution in [0.2, 0.25) is 0 Å². The van der Waals surface area contributed by atoms with Crippen molar-refractivity contribution in [2.24, 2.45) is 0 Å². The van der Waals surface area contributed by atoms with Gasteiger partial charge in [-0.3, -0.25) is 4.90 Å². The van der Waals surface area contributed by atoms with Crippen molar-refractivity contribution in [3.05, 3.63) is 33.8 Å². The molecule has 0 aliphatic carbocycles. The Labute approximate surface area is 103 Å². The van der Waals surface area contributed by atoms with Gasteiger partial charge in [-0.1, -0.05) is 37.9 Å². The van der Waals surface area contributed by atoms with Gasteiger partial charge < -0.3 is 0 Å². The van der Waals surface area contributed by atoms with Crippen LogP contribution in [0.1, 0.15) is 11.1 Å². The van der Waals surface area contributed by atoms with Gasteiger partial charge in [0.1, 0.15) is 0 Å². The zero-order chi connectivity index (χ0) is 10.6. The second-order valence-corrected chi connectivity index (χ2v) is 4.94. The summed E-state index contributed by atoms with van der Waals surface area (Å²) in [6.45, 7) is 3.25. The molecule has 0 aliphatic heterocycles. The molecule has 0 atom stereocenters. The minimum absolute atomic E-state index is 0.931. The lowest BCUT2D eigenvalue weighted by atomic mass is 10.1. The van der Waals surface area contributed by atoms with Gasteiger partial charge >= 0.3 is 0 Å². The van der Waals surface area contributed by atoms with Crippen LogP contribution >= 0.6 is 31.9 Å². The molecular formula is C11H15Br2N. The summed E-state index contributed by atoms with van der Waals surface area (Å²) >= 11 is 6.94. The molecule has 14 heavy (non-hydrogen) atoms. The van der Waals surface area contributed by atoms with E-state index >= 15 is 0 Å². The van der Waals surface area contributed by atoms with Crippen LogP contribution in [0.5, 0.6) is 0 Å². The van der Waals surface area contributed by atoms with Crippen LogP contribution < -0.4 is 0 Å². The molecule has 0 spiro atoms. The third-order valence-electron chi connectivity index (χ3n) is 2.28. The number of hydrogen-bond acceptors (Lipinski definition) is 1. The molecule has 78 valence electrons. The Kier molecular flexibility index (Phi) is 5.13. The summed E-state index contributed by atoms with van der Waals surface area (Å²) in [5, 5.41) is 0. The lowest BCUT2D eigenvalue weighted by Gasteiger charge is -2.13. The summed E-state index contributed by atoms with van der Waals surface area (Å²) < 4.78 is 1.17. The topological polar surface area (TPSA) is 3.24 Å². The zero-order valence-electron chi connectivity index (χ0n) is 8.56. The van der Waals surface area contributed by atoms with Crippen molar-refractivity contribution in [3.63, 3.8) is 0 Å². The third-order valence-corrected chi connectivity index (χ3v) is 3.63. The van der Waals surface area contributed by atoms with Crippen molar-refractivity contribution in [2.75, 3.05) is 19.0 Å². The predicted molar refractivity (Wildman–Crippen MR) is 69.0 cm³/mol. The summed E-state index contributed by atoms with van der Waals surface area (Å²) in [6.07, 6.45) is 1.10. The van der Waals surface area contributed by atoms with Crippen molar-refractivity contribution in [3.8, 4) is 0 Å². The number of rotatable bonds is 4. The summed E-state index contributed by atoms with van der Waals surface area (Å²) in [5.74, 6) is 0. The maximum absolute atomic E-state index is 3.50. The van der Waals surface area contributed by atoms with Crippen LogP contribution in [0.3, 0.4) is 0 Å². The number of benzene rings is 1. The molecule has 3 heteroatoms. The number of aryl methyl sites for hydroxylation is 1.